The number of fused-ring (bicyclic) bond motifs is 1. The summed E-state index contributed by atoms with van der Waals surface area (Å²) in [4.78, 5) is 26.7. The Bertz CT molecular complexity index is 718. The van der Waals surface area contributed by atoms with Gasteiger partial charge in [-0.1, -0.05) is 6.07 Å². The summed E-state index contributed by atoms with van der Waals surface area (Å²) >= 11 is 0. The van der Waals surface area contributed by atoms with Crippen LogP contribution in [-0.2, 0) is 15.8 Å². The van der Waals surface area contributed by atoms with E-state index in [0.717, 1.165) is 31.3 Å². The van der Waals surface area contributed by atoms with Crippen molar-refractivity contribution in [1.82, 2.24) is 4.90 Å². The van der Waals surface area contributed by atoms with Gasteiger partial charge in [0, 0.05) is 43.6 Å². The smallest absolute Gasteiger partial charge is 0.326 e. The molecule has 1 amide bonds. The molecule has 1 N–H and O–H groups in total. The summed E-state index contributed by atoms with van der Waals surface area (Å²) in [6.45, 7) is 2.00. The Kier molecular flexibility index (Phi) is 4.29. The number of alkyl halides is 3. The summed E-state index contributed by atoms with van der Waals surface area (Å²) in [5.74, 6) is 0.688. The normalized spacial score (nSPS) is 27.9. The van der Waals surface area contributed by atoms with Crippen LogP contribution in [0, 0.1) is 17.8 Å². The first-order valence-electron chi connectivity index (χ1n) is 9.07. The average molecular weight is 366 g/mol. The largest absolute Gasteiger partial charge is 0.416 e. The predicted molar refractivity (Wildman–Crippen MR) is 89.4 cm³/mol. The summed E-state index contributed by atoms with van der Waals surface area (Å²) in [6.07, 6.45) is -1.74. The van der Waals surface area contributed by atoms with Crippen LogP contribution in [0.2, 0.25) is 0 Å². The van der Waals surface area contributed by atoms with Gasteiger partial charge in [-0.25, -0.2) is 0 Å². The fraction of sp³-hybridized carbons (Fsp3) is 0.579. The fourth-order valence-corrected chi connectivity index (χ4v) is 4.17. The number of hydrogen-bond donors (Lipinski definition) is 1. The van der Waals surface area contributed by atoms with Crippen molar-refractivity contribution in [3.05, 3.63) is 29.8 Å². The molecule has 1 saturated heterocycles. The van der Waals surface area contributed by atoms with Gasteiger partial charge >= 0.3 is 6.18 Å². The lowest BCUT2D eigenvalue weighted by molar-refractivity contribution is -0.137. The molecule has 7 heteroatoms. The number of amides is 1. The van der Waals surface area contributed by atoms with E-state index in [1.165, 1.54) is 25.0 Å². The van der Waals surface area contributed by atoms with Crippen LogP contribution in [0.1, 0.15) is 31.2 Å². The Morgan fingerprint density at radius 3 is 2.42 bits per heavy atom. The van der Waals surface area contributed by atoms with Crippen molar-refractivity contribution in [2.45, 2.75) is 37.9 Å². The van der Waals surface area contributed by atoms with Gasteiger partial charge in [0.2, 0.25) is 5.91 Å². The van der Waals surface area contributed by atoms with E-state index >= 15 is 0 Å². The van der Waals surface area contributed by atoms with Crippen molar-refractivity contribution in [2.24, 2.45) is 17.8 Å². The van der Waals surface area contributed by atoms with Crippen LogP contribution in [0.4, 0.5) is 18.9 Å². The van der Waals surface area contributed by atoms with Gasteiger partial charge < -0.3 is 5.32 Å². The van der Waals surface area contributed by atoms with Gasteiger partial charge in [-0.05, 0) is 42.9 Å². The Balaban J connectivity index is 1.23. The number of nitrogens with zero attached hydrogens (tertiary/aromatic N) is 1. The molecule has 2 saturated carbocycles. The van der Waals surface area contributed by atoms with Crippen molar-refractivity contribution in [2.75, 3.05) is 18.4 Å². The summed E-state index contributed by atoms with van der Waals surface area (Å²) in [6, 6.07) is 5.25. The maximum Gasteiger partial charge on any atom is 0.416 e. The number of rotatable bonds is 6. The molecule has 2 aliphatic carbocycles. The van der Waals surface area contributed by atoms with E-state index in [9.17, 15) is 22.8 Å². The highest BCUT2D eigenvalue weighted by atomic mass is 19.4. The van der Waals surface area contributed by atoms with E-state index < -0.39 is 17.6 Å². The van der Waals surface area contributed by atoms with Crippen LogP contribution in [0.5, 0.6) is 0 Å². The molecule has 140 valence electrons. The topological polar surface area (TPSA) is 49.4 Å². The number of nitrogens with one attached hydrogen (secondary N) is 1. The molecule has 26 heavy (non-hydrogen) atoms. The van der Waals surface area contributed by atoms with Crippen molar-refractivity contribution >= 4 is 17.4 Å². The number of piperidine rings is 1. The fourth-order valence-electron chi connectivity index (χ4n) is 4.17. The number of carbonyl (C=O) groups excluding carboxylic acids is 2. The molecular weight excluding hydrogens is 345 g/mol. The molecule has 0 spiro atoms. The van der Waals surface area contributed by atoms with E-state index in [4.69, 9.17) is 0 Å². The van der Waals surface area contributed by atoms with Crippen molar-refractivity contribution in [3.8, 4) is 0 Å². The summed E-state index contributed by atoms with van der Waals surface area (Å²) in [5, 5.41) is 2.45. The molecule has 0 aromatic heterocycles. The second-order valence-corrected chi connectivity index (χ2v) is 7.63. The summed E-state index contributed by atoms with van der Waals surface area (Å²) in [5.41, 5.74) is -0.710. The molecule has 1 aliphatic heterocycles. The number of ketones is 1. The number of hydrogen-bond acceptors (Lipinski definition) is 3. The Labute approximate surface area is 149 Å². The third-order valence-corrected chi connectivity index (χ3v) is 5.73. The van der Waals surface area contributed by atoms with E-state index in [1.54, 1.807) is 0 Å². The van der Waals surface area contributed by atoms with Gasteiger partial charge in [0.05, 0.1) is 5.56 Å². The lowest BCUT2D eigenvalue weighted by Gasteiger charge is -2.18. The minimum absolute atomic E-state index is 0.0113. The third-order valence-electron chi connectivity index (χ3n) is 5.73. The van der Waals surface area contributed by atoms with Crippen LogP contribution in [-0.4, -0.2) is 35.7 Å². The van der Waals surface area contributed by atoms with Crippen LogP contribution < -0.4 is 5.32 Å². The molecule has 1 aromatic rings. The zero-order valence-corrected chi connectivity index (χ0v) is 14.3. The molecule has 0 bridgehead atoms. The third kappa shape index (κ3) is 3.63. The van der Waals surface area contributed by atoms with Crippen LogP contribution in [0.15, 0.2) is 24.3 Å². The summed E-state index contributed by atoms with van der Waals surface area (Å²) in [7, 11) is 0. The number of Topliss-reactive ketones (excluding diaryl/α,β-unsaturated/α-hetero) is 1. The highest BCUT2D eigenvalue weighted by molar-refractivity contribution is 5.94. The standard InChI is InChI=1S/C19H21F3N2O2/c20-19(21,22)11-2-1-3-12(8-11)23-17(26)7-6-16(25)18-14-9-24(10-15(14)18)13-4-5-13/h1-3,8,13-15,18H,4-7,9-10H2,(H,23,26)/t14-,15+,18?. The number of anilines is 1. The van der Waals surface area contributed by atoms with Crippen molar-refractivity contribution in [3.63, 3.8) is 0 Å². The summed E-state index contributed by atoms with van der Waals surface area (Å²) < 4.78 is 38.1. The zero-order chi connectivity index (χ0) is 18.5. The van der Waals surface area contributed by atoms with Crippen LogP contribution >= 0.6 is 0 Å². The number of carbonyl (C=O) groups is 2. The maximum atomic E-state index is 12.7. The molecule has 3 aliphatic rings. The van der Waals surface area contributed by atoms with Gasteiger partial charge in [0.1, 0.15) is 5.78 Å². The number of likely N-dealkylation sites (tertiary alicyclic amines) is 1. The molecule has 1 unspecified atom stereocenters. The maximum absolute atomic E-state index is 12.7. The van der Waals surface area contributed by atoms with Gasteiger partial charge in [0.25, 0.3) is 0 Å². The highest BCUT2D eigenvalue weighted by Gasteiger charge is 2.60. The first-order valence-corrected chi connectivity index (χ1v) is 9.07. The first-order chi connectivity index (χ1) is 12.3. The quantitative estimate of drug-likeness (QED) is 0.840. The highest BCUT2D eigenvalue weighted by Crippen LogP contribution is 2.54. The van der Waals surface area contributed by atoms with E-state index in [0.29, 0.717) is 11.8 Å². The molecule has 4 rings (SSSR count). The van der Waals surface area contributed by atoms with Crippen molar-refractivity contribution < 1.29 is 22.8 Å². The zero-order valence-electron chi connectivity index (χ0n) is 14.3. The second kappa shape index (κ2) is 6.37. The Morgan fingerprint density at radius 1 is 1.12 bits per heavy atom. The van der Waals surface area contributed by atoms with E-state index in [1.807, 2.05) is 0 Å². The molecule has 3 atom stereocenters. The number of benzene rings is 1. The molecule has 4 nitrogen and oxygen atoms in total. The SMILES string of the molecule is O=C(CCC(=O)C1[C@H]2CN(C3CC3)C[C@@H]12)Nc1cccc(C(F)(F)F)c1. The average Bonchev–Trinajstić information content (AvgIpc) is 3.50. The molecule has 1 heterocycles. The molecule has 3 fully saturated rings. The monoisotopic (exact) mass is 366 g/mol. The number of halogens is 3. The lowest BCUT2D eigenvalue weighted by Crippen LogP contribution is -2.28. The molecule has 0 radical (unpaired) electrons. The molecule has 1 aromatic carbocycles. The first kappa shape index (κ1) is 17.5. The molecular formula is C19H21F3N2O2. The van der Waals surface area contributed by atoms with Gasteiger partial charge in [-0.2, -0.15) is 13.2 Å². The van der Waals surface area contributed by atoms with Crippen LogP contribution in [0.3, 0.4) is 0 Å². The van der Waals surface area contributed by atoms with Gasteiger partial charge in [0.15, 0.2) is 0 Å². The van der Waals surface area contributed by atoms with E-state index in [2.05, 4.69) is 10.2 Å². The second-order valence-electron chi connectivity index (χ2n) is 7.63. The van der Waals surface area contributed by atoms with Crippen LogP contribution in [0.25, 0.3) is 0 Å². The van der Waals surface area contributed by atoms with Crippen molar-refractivity contribution in [1.29, 1.82) is 0 Å². The van der Waals surface area contributed by atoms with E-state index in [-0.39, 0.29) is 30.2 Å². The lowest BCUT2D eigenvalue weighted by atomic mass is 10.1. The van der Waals surface area contributed by atoms with Gasteiger partial charge in [-0.15, -0.1) is 0 Å². The minimum atomic E-state index is -4.45. The van der Waals surface area contributed by atoms with Gasteiger partial charge in [-0.3, -0.25) is 14.5 Å². The minimum Gasteiger partial charge on any atom is -0.326 e. The Hall–Kier alpha value is -1.89. The Morgan fingerprint density at radius 2 is 1.81 bits per heavy atom. The predicted octanol–water partition coefficient (Wildman–Crippen LogP) is 3.33.